The van der Waals surface area contributed by atoms with Crippen LogP contribution in [0.15, 0.2) is 30.3 Å². The topological polar surface area (TPSA) is 0 Å². The lowest BCUT2D eigenvalue weighted by Gasteiger charge is -2.06. The van der Waals surface area contributed by atoms with Gasteiger partial charge in [-0.05, 0) is 18.7 Å². The van der Waals surface area contributed by atoms with E-state index in [0.717, 1.165) is 0 Å². The Kier molecular flexibility index (Phi) is 2.82. The van der Waals surface area contributed by atoms with E-state index < -0.39 is 0 Å². The summed E-state index contributed by atoms with van der Waals surface area (Å²) in [6.45, 7) is 2.22. The van der Waals surface area contributed by atoms with Crippen molar-refractivity contribution < 1.29 is 0 Å². The Morgan fingerprint density at radius 2 is 1.80 bits per heavy atom. The first kappa shape index (κ1) is 7.67. The Balaban J connectivity index is 2.75. The number of rotatable bonds is 2. The molecule has 0 fully saturated rings. The average Bonchev–Trinajstić information content (AvgIpc) is 2.05. The third-order valence-electron chi connectivity index (χ3n) is 1.62. The first-order valence-corrected chi connectivity index (χ1v) is 4.71. The summed E-state index contributed by atoms with van der Waals surface area (Å²) in [6, 6.07) is 10.6. The van der Waals surface area contributed by atoms with Crippen LogP contribution < -0.4 is 0 Å². The van der Waals surface area contributed by atoms with E-state index in [2.05, 4.69) is 43.5 Å². The first-order chi connectivity index (χ1) is 4.84. The molecule has 0 heterocycles. The Labute approximate surface area is 66.6 Å². The molecule has 0 bridgehead atoms. The predicted octanol–water partition coefficient (Wildman–Crippen LogP) is 3.11. The minimum Gasteiger partial charge on any atom is -0.158 e. The van der Waals surface area contributed by atoms with Gasteiger partial charge in [0.2, 0.25) is 0 Å². The summed E-state index contributed by atoms with van der Waals surface area (Å²) >= 11 is 1.88. The summed E-state index contributed by atoms with van der Waals surface area (Å²) in [5.41, 5.74) is 1.41. The highest BCUT2D eigenvalue weighted by Crippen LogP contribution is 2.24. The van der Waals surface area contributed by atoms with Crippen LogP contribution in [-0.4, -0.2) is 6.26 Å². The normalized spacial score (nSPS) is 13.0. The van der Waals surface area contributed by atoms with Gasteiger partial charge in [-0.1, -0.05) is 30.3 Å². The van der Waals surface area contributed by atoms with Crippen molar-refractivity contribution in [2.75, 3.05) is 6.26 Å². The van der Waals surface area contributed by atoms with E-state index in [1.807, 2.05) is 11.8 Å². The Hall–Kier alpha value is -0.430. The minimum atomic E-state index is 0.626. The lowest BCUT2D eigenvalue weighted by Crippen LogP contribution is -1.84. The van der Waals surface area contributed by atoms with Gasteiger partial charge in [0.15, 0.2) is 0 Å². The van der Waals surface area contributed by atoms with E-state index in [1.54, 1.807) is 0 Å². The standard InChI is InChI=1S/C9H12S/c1-8(10-2)9-6-4-3-5-7-9/h3-8H,1-2H3. The molecule has 10 heavy (non-hydrogen) atoms. The van der Waals surface area contributed by atoms with Gasteiger partial charge in [-0.15, -0.1) is 0 Å². The van der Waals surface area contributed by atoms with Crippen molar-refractivity contribution in [3.05, 3.63) is 35.9 Å². The summed E-state index contributed by atoms with van der Waals surface area (Å²) in [7, 11) is 0. The zero-order valence-corrected chi connectivity index (χ0v) is 7.19. The van der Waals surface area contributed by atoms with Gasteiger partial charge in [0.05, 0.1) is 0 Å². The van der Waals surface area contributed by atoms with Crippen LogP contribution in [0.1, 0.15) is 17.7 Å². The third-order valence-corrected chi connectivity index (χ3v) is 2.60. The number of benzene rings is 1. The molecule has 0 radical (unpaired) electrons. The fourth-order valence-corrected chi connectivity index (χ4v) is 1.29. The minimum absolute atomic E-state index is 0.626. The van der Waals surface area contributed by atoms with Crippen LogP contribution in [0.5, 0.6) is 0 Å². The second-order valence-corrected chi connectivity index (χ2v) is 3.47. The average molecular weight is 152 g/mol. The third kappa shape index (κ3) is 1.77. The highest BCUT2D eigenvalue weighted by atomic mass is 32.2. The van der Waals surface area contributed by atoms with E-state index in [0.29, 0.717) is 5.25 Å². The second-order valence-electron chi connectivity index (χ2n) is 2.29. The van der Waals surface area contributed by atoms with Crippen LogP contribution in [0.3, 0.4) is 0 Å². The number of thioether (sulfide) groups is 1. The van der Waals surface area contributed by atoms with Crippen LogP contribution in [0.25, 0.3) is 0 Å². The largest absolute Gasteiger partial charge is 0.158 e. The fourth-order valence-electron chi connectivity index (χ4n) is 0.860. The summed E-state index contributed by atoms with van der Waals surface area (Å²) < 4.78 is 0. The van der Waals surface area contributed by atoms with Crippen molar-refractivity contribution in [3.63, 3.8) is 0 Å². The zero-order valence-electron chi connectivity index (χ0n) is 6.37. The molecule has 0 saturated carbocycles. The van der Waals surface area contributed by atoms with E-state index >= 15 is 0 Å². The van der Waals surface area contributed by atoms with E-state index in [1.165, 1.54) is 5.56 Å². The number of hydrogen-bond acceptors (Lipinski definition) is 1. The van der Waals surface area contributed by atoms with Crippen molar-refractivity contribution >= 4 is 11.8 Å². The summed E-state index contributed by atoms with van der Waals surface area (Å²) in [4.78, 5) is 0. The summed E-state index contributed by atoms with van der Waals surface area (Å²) in [5, 5.41) is 0.626. The lowest BCUT2D eigenvalue weighted by atomic mass is 10.2. The molecule has 1 unspecified atom stereocenters. The number of hydrogen-bond donors (Lipinski definition) is 0. The zero-order chi connectivity index (χ0) is 7.40. The van der Waals surface area contributed by atoms with Gasteiger partial charge in [0.1, 0.15) is 0 Å². The molecule has 0 saturated heterocycles. The van der Waals surface area contributed by atoms with Crippen molar-refractivity contribution in [1.82, 2.24) is 0 Å². The van der Waals surface area contributed by atoms with Crippen LogP contribution in [0.2, 0.25) is 0 Å². The van der Waals surface area contributed by atoms with E-state index in [-0.39, 0.29) is 0 Å². The SMILES string of the molecule is CSC(C)c1ccccc1. The van der Waals surface area contributed by atoms with E-state index in [4.69, 9.17) is 0 Å². The fraction of sp³-hybridized carbons (Fsp3) is 0.333. The van der Waals surface area contributed by atoms with Gasteiger partial charge in [-0.2, -0.15) is 11.8 Å². The second kappa shape index (κ2) is 3.67. The van der Waals surface area contributed by atoms with Gasteiger partial charge < -0.3 is 0 Å². The quantitative estimate of drug-likeness (QED) is 0.627. The molecule has 0 spiro atoms. The Bertz CT molecular complexity index is 181. The molecule has 0 aliphatic heterocycles. The molecule has 1 heteroatoms. The molecule has 1 rings (SSSR count). The van der Waals surface area contributed by atoms with Gasteiger partial charge in [-0.3, -0.25) is 0 Å². The highest BCUT2D eigenvalue weighted by Gasteiger charge is 1.99. The van der Waals surface area contributed by atoms with Crippen LogP contribution in [-0.2, 0) is 0 Å². The maximum absolute atomic E-state index is 2.22. The molecule has 0 N–H and O–H groups in total. The Morgan fingerprint density at radius 3 is 2.30 bits per heavy atom. The lowest BCUT2D eigenvalue weighted by molar-refractivity contribution is 1.10. The molecule has 54 valence electrons. The molecule has 0 aliphatic rings. The van der Waals surface area contributed by atoms with Crippen molar-refractivity contribution in [3.8, 4) is 0 Å². The molecule has 1 aromatic rings. The van der Waals surface area contributed by atoms with E-state index in [9.17, 15) is 0 Å². The molecular formula is C9H12S. The monoisotopic (exact) mass is 152 g/mol. The molecule has 0 nitrogen and oxygen atoms in total. The molecule has 1 aromatic carbocycles. The van der Waals surface area contributed by atoms with Gasteiger partial charge in [0.25, 0.3) is 0 Å². The summed E-state index contributed by atoms with van der Waals surface area (Å²) in [5.74, 6) is 0. The van der Waals surface area contributed by atoms with Crippen molar-refractivity contribution in [2.24, 2.45) is 0 Å². The molecular weight excluding hydrogens is 140 g/mol. The van der Waals surface area contributed by atoms with Crippen LogP contribution in [0, 0.1) is 0 Å². The molecule has 1 atom stereocenters. The highest BCUT2D eigenvalue weighted by molar-refractivity contribution is 7.98. The van der Waals surface area contributed by atoms with Gasteiger partial charge in [-0.25, -0.2) is 0 Å². The predicted molar refractivity (Wildman–Crippen MR) is 48.4 cm³/mol. The van der Waals surface area contributed by atoms with Crippen LogP contribution >= 0.6 is 11.8 Å². The molecule has 0 aromatic heterocycles. The van der Waals surface area contributed by atoms with Gasteiger partial charge >= 0.3 is 0 Å². The Morgan fingerprint density at radius 1 is 1.20 bits per heavy atom. The van der Waals surface area contributed by atoms with Crippen LogP contribution in [0.4, 0.5) is 0 Å². The maximum atomic E-state index is 2.22. The molecule has 0 aliphatic carbocycles. The van der Waals surface area contributed by atoms with Crippen molar-refractivity contribution in [2.45, 2.75) is 12.2 Å². The smallest absolute Gasteiger partial charge is 0.0266 e. The van der Waals surface area contributed by atoms with Gasteiger partial charge in [0, 0.05) is 5.25 Å². The summed E-state index contributed by atoms with van der Waals surface area (Å²) in [6.07, 6.45) is 2.14. The first-order valence-electron chi connectivity index (χ1n) is 3.42. The van der Waals surface area contributed by atoms with Crippen molar-refractivity contribution in [1.29, 1.82) is 0 Å². The maximum Gasteiger partial charge on any atom is 0.0266 e. The molecule has 0 amide bonds.